The first-order valence-electron chi connectivity index (χ1n) is 6.88. The minimum Gasteiger partial charge on any atom is -0.545 e. The van der Waals surface area contributed by atoms with E-state index >= 15 is 0 Å². The predicted molar refractivity (Wildman–Crippen MR) is 77.4 cm³/mol. The van der Waals surface area contributed by atoms with E-state index in [4.69, 9.17) is 0 Å². The van der Waals surface area contributed by atoms with E-state index in [1.165, 1.54) is 37.3 Å². The van der Waals surface area contributed by atoms with E-state index in [0.717, 1.165) is 11.0 Å². The number of imide groups is 1. The molecule has 0 aliphatic carbocycles. The van der Waals surface area contributed by atoms with Gasteiger partial charge < -0.3 is 19.8 Å². The van der Waals surface area contributed by atoms with Crippen LogP contribution in [0.25, 0.3) is 0 Å². The molecular weight excluding hydrogens is 314 g/mol. The van der Waals surface area contributed by atoms with Gasteiger partial charge in [-0.3, -0.25) is 9.59 Å². The fourth-order valence-corrected chi connectivity index (χ4v) is 2.67. The zero-order chi connectivity index (χ0) is 17.6. The van der Waals surface area contributed by atoms with Crippen LogP contribution in [0.4, 0.5) is 5.69 Å². The molecule has 2 aromatic rings. The fourth-order valence-electron chi connectivity index (χ4n) is 2.67. The lowest BCUT2D eigenvalue weighted by Crippen LogP contribution is -2.31. The largest absolute Gasteiger partial charge is 0.545 e. The van der Waals surface area contributed by atoms with Crippen molar-refractivity contribution >= 4 is 29.4 Å². The van der Waals surface area contributed by atoms with Crippen molar-refractivity contribution in [1.29, 1.82) is 0 Å². The molecule has 24 heavy (non-hydrogen) atoms. The number of amides is 2. The molecule has 7 nitrogen and oxygen atoms in total. The number of benzene rings is 2. The van der Waals surface area contributed by atoms with E-state index < -0.39 is 23.8 Å². The summed E-state index contributed by atoms with van der Waals surface area (Å²) in [4.78, 5) is 47.9. The topological polar surface area (TPSA) is 118 Å². The number of rotatable bonds is 3. The number of carboxylic acid groups (broad SMARTS) is 2. The van der Waals surface area contributed by atoms with Gasteiger partial charge in [0.25, 0.3) is 11.8 Å². The molecule has 2 amide bonds. The minimum atomic E-state index is -1.47. The minimum absolute atomic E-state index is 0.0447. The molecular formula is C17H9NO6-2. The summed E-state index contributed by atoms with van der Waals surface area (Å²) in [6.45, 7) is 1.45. The zero-order valence-corrected chi connectivity index (χ0v) is 12.4. The van der Waals surface area contributed by atoms with Gasteiger partial charge in [0.1, 0.15) is 0 Å². The number of carboxylic acids is 2. The first-order chi connectivity index (χ1) is 11.3. The van der Waals surface area contributed by atoms with Crippen molar-refractivity contribution in [2.75, 3.05) is 4.90 Å². The van der Waals surface area contributed by atoms with E-state index in [1.54, 1.807) is 0 Å². The third kappa shape index (κ3) is 2.14. The predicted octanol–water partition coefficient (Wildman–Crippen LogP) is -0.477. The van der Waals surface area contributed by atoms with Crippen molar-refractivity contribution in [2.24, 2.45) is 0 Å². The van der Waals surface area contributed by atoms with Crippen LogP contribution in [0, 0.1) is 6.92 Å². The summed E-state index contributed by atoms with van der Waals surface area (Å²) < 4.78 is 0. The maximum absolute atomic E-state index is 12.5. The second kappa shape index (κ2) is 5.31. The van der Waals surface area contributed by atoms with Gasteiger partial charge in [-0.15, -0.1) is 0 Å². The van der Waals surface area contributed by atoms with Gasteiger partial charge in [0.2, 0.25) is 0 Å². The SMILES string of the molecule is Cc1c(C(=O)[O-])cccc1N1C(=O)c2ccc(C(=O)[O-])cc2C1=O. The van der Waals surface area contributed by atoms with Crippen LogP contribution in [-0.4, -0.2) is 23.8 Å². The summed E-state index contributed by atoms with van der Waals surface area (Å²) >= 11 is 0. The van der Waals surface area contributed by atoms with Gasteiger partial charge in [-0.2, -0.15) is 0 Å². The molecule has 0 atom stereocenters. The van der Waals surface area contributed by atoms with Gasteiger partial charge in [-0.1, -0.05) is 18.2 Å². The Morgan fingerprint density at radius 2 is 1.58 bits per heavy atom. The fraction of sp³-hybridized carbons (Fsp3) is 0.0588. The molecule has 0 fully saturated rings. The molecule has 0 saturated heterocycles. The number of fused-ring (bicyclic) bond motifs is 1. The molecule has 0 N–H and O–H groups in total. The van der Waals surface area contributed by atoms with Gasteiger partial charge >= 0.3 is 0 Å². The maximum Gasteiger partial charge on any atom is 0.266 e. The lowest BCUT2D eigenvalue weighted by molar-refractivity contribution is -0.256. The maximum atomic E-state index is 12.5. The van der Waals surface area contributed by atoms with Gasteiger partial charge in [-0.25, -0.2) is 4.90 Å². The van der Waals surface area contributed by atoms with Crippen molar-refractivity contribution in [3.8, 4) is 0 Å². The van der Waals surface area contributed by atoms with E-state index in [2.05, 4.69) is 0 Å². The van der Waals surface area contributed by atoms with E-state index in [-0.39, 0.29) is 33.5 Å². The lowest BCUT2D eigenvalue weighted by Gasteiger charge is -2.19. The van der Waals surface area contributed by atoms with E-state index in [0.29, 0.717) is 0 Å². The summed E-state index contributed by atoms with van der Waals surface area (Å²) in [6.07, 6.45) is 0. The first-order valence-corrected chi connectivity index (χ1v) is 6.88. The molecule has 3 rings (SSSR count). The van der Waals surface area contributed by atoms with Crippen LogP contribution in [0.15, 0.2) is 36.4 Å². The van der Waals surface area contributed by atoms with Crippen molar-refractivity contribution in [3.63, 3.8) is 0 Å². The smallest absolute Gasteiger partial charge is 0.266 e. The molecule has 7 heteroatoms. The molecule has 120 valence electrons. The summed E-state index contributed by atoms with van der Waals surface area (Å²) in [5.41, 5.74) is -0.0790. The molecule has 1 aliphatic heterocycles. The van der Waals surface area contributed by atoms with Gasteiger partial charge in [0, 0.05) is 5.56 Å². The van der Waals surface area contributed by atoms with Crippen LogP contribution in [-0.2, 0) is 0 Å². The summed E-state index contributed by atoms with van der Waals surface area (Å²) in [5.74, 6) is -4.27. The average Bonchev–Trinajstić information content (AvgIpc) is 2.78. The molecule has 0 spiro atoms. The Hall–Kier alpha value is -3.48. The molecule has 2 aromatic carbocycles. The Morgan fingerprint density at radius 1 is 0.917 bits per heavy atom. The summed E-state index contributed by atoms with van der Waals surface area (Å²) in [6, 6.07) is 7.61. The monoisotopic (exact) mass is 323 g/mol. The van der Waals surface area contributed by atoms with Crippen LogP contribution in [0.2, 0.25) is 0 Å². The Balaban J connectivity index is 2.14. The van der Waals surface area contributed by atoms with Crippen LogP contribution < -0.4 is 15.1 Å². The highest BCUT2D eigenvalue weighted by atomic mass is 16.4. The van der Waals surface area contributed by atoms with Crippen LogP contribution in [0.3, 0.4) is 0 Å². The highest BCUT2D eigenvalue weighted by molar-refractivity contribution is 6.35. The Kier molecular flexibility index (Phi) is 3.41. The van der Waals surface area contributed by atoms with Gasteiger partial charge in [0.15, 0.2) is 0 Å². The van der Waals surface area contributed by atoms with Crippen molar-refractivity contribution in [2.45, 2.75) is 6.92 Å². The molecule has 0 bridgehead atoms. The number of hydrogen-bond acceptors (Lipinski definition) is 6. The average molecular weight is 323 g/mol. The first kappa shape index (κ1) is 15.4. The van der Waals surface area contributed by atoms with Crippen molar-refractivity contribution in [3.05, 3.63) is 64.2 Å². The van der Waals surface area contributed by atoms with E-state index in [9.17, 15) is 29.4 Å². The van der Waals surface area contributed by atoms with Crippen molar-refractivity contribution in [1.82, 2.24) is 0 Å². The molecule has 0 aromatic heterocycles. The second-order valence-corrected chi connectivity index (χ2v) is 5.23. The standard InChI is InChI=1S/C17H11NO6/c1-8-10(17(23)24)3-2-4-13(8)18-14(19)11-6-5-9(16(21)22)7-12(11)15(18)20/h2-7H,1H3,(H,21,22)(H,23,24)/p-2. The molecule has 0 unspecified atom stereocenters. The normalized spacial score (nSPS) is 13.1. The zero-order valence-electron chi connectivity index (χ0n) is 12.4. The third-order valence-corrected chi connectivity index (χ3v) is 3.89. The van der Waals surface area contributed by atoms with Crippen LogP contribution in [0.5, 0.6) is 0 Å². The number of carbonyl (C=O) groups excluding carboxylic acids is 4. The second-order valence-electron chi connectivity index (χ2n) is 5.23. The van der Waals surface area contributed by atoms with Gasteiger partial charge in [0.05, 0.1) is 28.8 Å². The third-order valence-electron chi connectivity index (χ3n) is 3.89. The lowest BCUT2D eigenvalue weighted by atomic mass is 10.1. The number of nitrogens with zero attached hydrogens (tertiary/aromatic N) is 1. The molecule has 0 radical (unpaired) electrons. The molecule has 1 aliphatic rings. The van der Waals surface area contributed by atoms with Gasteiger partial charge in [-0.05, 0) is 36.2 Å². The molecule has 1 heterocycles. The van der Waals surface area contributed by atoms with E-state index in [1.807, 2.05) is 0 Å². The van der Waals surface area contributed by atoms with Crippen LogP contribution in [0.1, 0.15) is 47.0 Å². The van der Waals surface area contributed by atoms with Crippen molar-refractivity contribution < 1.29 is 29.4 Å². The number of carbonyl (C=O) groups is 4. The molecule has 0 saturated carbocycles. The number of hydrogen-bond donors (Lipinski definition) is 0. The highest BCUT2D eigenvalue weighted by Crippen LogP contribution is 2.32. The Labute approximate surface area is 135 Å². The number of anilines is 1. The summed E-state index contributed by atoms with van der Waals surface area (Å²) in [5, 5.41) is 22.0. The summed E-state index contributed by atoms with van der Waals surface area (Å²) in [7, 11) is 0. The Bertz CT molecular complexity index is 931. The highest BCUT2D eigenvalue weighted by Gasteiger charge is 2.37. The van der Waals surface area contributed by atoms with Crippen LogP contribution >= 0.6 is 0 Å². The number of aromatic carboxylic acids is 2. The quantitative estimate of drug-likeness (QED) is 0.704. The Morgan fingerprint density at radius 3 is 2.21 bits per heavy atom.